The summed E-state index contributed by atoms with van der Waals surface area (Å²) in [5.74, 6) is 0. The van der Waals surface area contributed by atoms with Crippen LogP contribution in [-0.2, 0) is 20.1 Å². The number of nitrogens with zero attached hydrogens (tertiary/aromatic N) is 1. The quantitative estimate of drug-likeness (QED) is 0.730. The van der Waals surface area contributed by atoms with Crippen LogP contribution in [0.3, 0.4) is 0 Å². The molecular formula is C5H11N2Pt. The van der Waals surface area contributed by atoms with Crippen LogP contribution in [0.15, 0.2) is 0 Å². The Morgan fingerprint density at radius 2 is 2.50 bits per heavy atom. The molecule has 0 aliphatic carbocycles. The van der Waals surface area contributed by atoms with Gasteiger partial charge in [0, 0.05) is 0 Å². The number of hydrogen-bond acceptors (Lipinski definition) is 2. The van der Waals surface area contributed by atoms with Crippen molar-refractivity contribution in [1.82, 2.24) is 3.46 Å². The predicted molar refractivity (Wildman–Crippen MR) is 28.8 cm³/mol. The van der Waals surface area contributed by atoms with Gasteiger partial charge in [0.1, 0.15) is 0 Å². The minimum absolute atomic E-state index is 0.664. The second-order valence-corrected chi connectivity index (χ2v) is 3.42. The standard InChI is InChI=1S/C5H11N2.Pt/c6-4-5-2-1-3-7-5;/h5H,1-4,6H2;/q-1;+1. The van der Waals surface area contributed by atoms with Crippen LogP contribution < -0.4 is 5.73 Å². The second kappa shape index (κ2) is 2.95. The Morgan fingerprint density at radius 3 is 2.75 bits per heavy atom. The summed E-state index contributed by atoms with van der Waals surface area (Å²) in [5, 5.41) is 0. The van der Waals surface area contributed by atoms with E-state index in [2.05, 4.69) is 23.5 Å². The van der Waals surface area contributed by atoms with Crippen LogP contribution in [0.2, 0.25) is 0 Å². The van der Waals surface area contributed by atoms with Gasteiger partial charge in [-0.2, -0.15) is 0 Å². The average Bonchev–Trinajstić information content (AvgIpc) is 2.14. The zero-order chi connectivity index (χ0) is 5.98. The molecule has 0 radical (unpaired) electrons. The van der Waals surface area contributed by atoms with E-state index >= 15 is 0 Å². The molecule has 1 fully saturated rings. The van der Waals surface area contributed by atoms with Gasteiger partial charge >= 0.3 is 61.2 Å². The Balaban J connectivity index is 2.30. The maximum atomic E-state index is 5.48. The summed E-state index contributed by atoms with van der Waals surface area (Å²) in [6.45, 7) is 2.05. The third-order valence-corrected chi connectivity index (χ3v) is 2.88. The molecule has 8 heavy (non-hydrogen) atoms. The summed E-state index contributed by atoms with van der Waals surface area (Å²) in [6.07, 6.45) is 2.62. The monoisotopic (exact) mass is 294 g/mol. The second-order valence-electron chi connectivity index (χ2n) is 2.12. The first-order valence-electron chi connectivity index (χ1n) is 2.94. The first-order valence-corrected chi connectivity index (χ1v) is 3.96. The number of nitrogens with two attached hydrogens (primary N) is 1. The minimum atomic E-state index is 0.664. The van der Waals surface area contributed by atoms with Gasteiger partial charge in [0.25, 0.3) is 0 Å². The van der Waals surface area contributed by atoms with E-state index in [1.807, 2.05) is 0 Å². The van der Waals surface area contributed by atoms with E-state index in [-0.39, 0.29) is 0 Å². The van der Waals surface area contributed by atoms with Crippen LogP contribution in [-0.4, -0.2) is 22.6 Å². The molecule has 1 aliphatic rings. The van der Waals surface area contributed by atoms with Gasteiger partial charge in [-0.15, -0.1) is 0 Å². The third kappa shape index (κ3) is 1.31. The molecule has 2 nitrogen and oxygen atoms in total. The van der Waals surface area contributed by atoms with Crippen LogP contribution in [0.5, 0.6) is 0 Å². The topological polar surface area (TPSA) is 29.3 Å². The Hall–Kier alpha value is 0.608. The fourth-order valence-corrected chi connectivity index (χ4v) is 1.90. The van der Waals surface area contributed by atoms with Crippen molar-refractivity contribution in [2.24, 2.45) is 5.73 Å². The molecule has 0 aromatic carbocycles. The van der Waals surface area contributed by atoms with Gasteiger partial charge in [-0.05, 0) is 0 Å². The van der Waals surface area contributed by atoms with Crippen molar-refractivity contribution >= 4 is 0 Å². The molecular weight excluding hydrogens is 283 g/mol. The van der Waals surface area contributed by atoms with Gasteiger partial charge in [-0.1, -0.05) is 0 Å². The summed E-state index contributed by atoms with van der Waals surface area (Å²) in [6, 6.07) is 0.664. The van der Waals surface area contributed by atoms with Crippen LogP contribution in [0, 0.1) is 0 Å². The molecule has 0 aromatic heterocycles. The van der Waals surface area contributed by atoms with Gasteiger partial charge in [0.2, 0.25) is 0 Å². The molecule has 1 unspecified atom stereocenters. The zero-order valence-electron chi connectivity index (χ0n) is 4.75. The van der Waals surface area contributed by atoms with Crippen molar-refractivity contribution in [1.29, 1.82) is 0 Å². The molecule has 0 bridgehead atoms. The molecule has 2 N–H and O–H groups in total. The maximum absolute atomic E-state index is 5.48. The van der Waals surface area contributed by atoms with Gasteiger partial charge in [0.05, 0.1) is 0 Å². The van der Waals surface area contributed by atoms with Crippen molar-refractivity contribution in [3.63, 3.8) is 0 Å². The van der Waals surface area contributed by atoms with E-state index in [1.165, 1.54) is 19.4 Å². The van der Waals surface area contributed by atoms with Crippen molar-refractivity contribution < 1.29 is 20.1 Å². The zero-order valence-corrected chi connectivity index (χ0v) is 7.02. The normalized spacial score (nSPS) is 31.6. The molecule has 3 heteroatoms. The van der Waals surface area contributed by atoms with Crippen molar-refractivity contribution in [2.45, 2.75) is 18.9 Å². The Kier molecular flexibility index (Phi) is 2.48. The fraction of sp³-hybridized carbons (Fsp3) is 1.00. The number of hydrogen-bond donors (Lipinski definition) is 1. The summed E-state index contributed by atoms with van der Waals surface area (Å²) in [5.41, 5.74) is 5.48. The molecule has 0 aromatic rings. The van der Waals surface area contributed by atoms with Gasteiger partial charge in [-0.3, -0.25) is 0 Å². The van der Waals surface area contributed by atoms with E-state index in [1.54, 1.807) is 0 Å². The van der Waals surface area contributed by atoms with Gasteiger partial charge < -0.3 is 0 Å². The van der Waals surface area contributed by atoms with Crippen molar-refractivity contribution in [2.75, 3.05) is 13.1 Å². The SMILES string of the molecule is NCC1CCC[N]1[Pt]. The van der Waals surface area contributed by atoms with E-state index in [4.69, 9.17) is 5.73 Å². The summed E-state index contributed by atoms with van der Waals surface area (Å²) in [4.78, 5) is 0. The Morgan fingerprint density at radius 1 is 1.75 bits per heavy atom. The molecule has 1 atom stereocenters. The van der Waals surface area contributed by atoms with Crippen LogP contribution in [0.25, 0.3) is 0 Å². The van der Waals surface area contributed by atoms with Crippen molar-refractivity contribution in [3.05, 3.63) is 0 Å². The fourth-order valence-electron chi connectivity index (χ4n) is 1.01. The molecule has 0 spiro atoms. The van der Waals surface area contributed by atoms with Crippen LogP contribution in [0.4, 0.5) is 0 Å². The molecule has 51 valence electrons. The van der Waals surface area contributed by atoms with E-state index in [9.17, 15) is 0 Å². The van der Waals surface area contributed by atoms with Crippen molar-refractivity contribution in [3.8, 4) is 0 Å². The third-order valence-electron chi connectivity index (χ3n) is 1.54. The molecule has 0 amide bonds. The van der Waals surface area contributed by atoms with Crippen LogP contribution >= 0.6 is 0 Å². The summed E-state index contributed by atoms with van der Waals surface area (Å²) in [7, 11) is 0. The van der Waals surface area contributed by atoms with E-state index in [0.717, 1.165) is 6.54 Å². The van der Waals surface area contributed by atoms with Gasteiger partial charge in [0.15, 0.2) is 0 Å². The predicted octanol–water partition coefficient (Wildman–Crippen LogP) is -0.129. The Bertz CT molecular complexity index is 76.8. The molecule has 1 heterocycles. The summed E-state index contributed by atoms with van der Waals surface area (Å²) >= 11 is 2.33. The number of rotatable bonds is 1. The summed E-state index contributed by atoms with van der Waals surface area (Å²) < 4.78 is 2.31. The first-order chi connectivity index (χ1) is 3.84. The molecule has 1 saturated heterocycles. The van der Waals surface area contributed by atoms with E-state index < -0.39 is 0 Å². The van der Waals surface area contributed by atoms with Crippen LogP contribution in [0.1, 0.15) is 12.8 Å². The van der Waals surface area contributed by atoms with E-state index in [0.29, 0.717) is 6.04 Å². The molecule has 0 saturated carbocycles. The van der Waals surface area contributed by atoms with Gasteiger partial charge in [-0.25, -0.2) is 0 Å². The Labute approximate surface area is 61.6 Å². The average molecular weight is 294 g/mol. The molecule has 1 rings (SSSR count). The molecule has 1 aliphatic heterocycles. The first kappa shape index (κ1) is 6.72.